The summed E-state index contributed by atoms with van der Waals surface area (Å²) in [7, 11) is 0. The second-order valence-corrected chi connectivity index (χ2v) is 14.0. The number of rotatable bonds is 6. The van der Waals surface area contributed by atoms with Crippen molar-refractivity contribution in [3.63, 3.8) is 0 Å². The van der Waals surface area contributed by atoms with Gasteiger partial charge in [-0.25, -0.2) is 15.0 Å². The van der Waals surface area contributed by atoms with Gasteiger partial charge < -0.3 is 8.98 Å². The molecule has 0 N–H and O–H groups in total. The highest BCUT2D eigenvalue weighted by Gasteiger charge is 2.18. The van der Waals surface area contributed by atoms with E-state index in [4.69, 9.17) is 19.4 Å². The van der Waals surface area contributed by atoms with Crippen molar-refractivity contribution < 1.29 is 4.42 Å². The van der Waals surface area contributed by atoms with E-state index in [0.717, 1.165) is 66.5 Å². The lowest BCUT2D eigenvalue weighted by Gasteiger charge is -2.12. The second-order valence-electron chi connectivity index (χ2n) is 14.0. The number of furan rings is 1. The molecule has 0 amide bonds. The minimum atomic E-state index is 0.579. The molecule has 0 saturated carbocycles. The van der Waals surface area contributed by atoms with Gasteiger partial charge in [0.1, 0.15) is 11.2 Å². The molecule has 5 heteroatoms. The van der Waals surface area contributed by atoms with Gasteiger partial charge in [-0.15, -0.1) is 0 Å². The van der Waals surface area contributed by atoms with Crippen molar-refractivity contribution >= 4 is 43.7 Å². The van der Waals surface area contributed by atoms with Crippen LogP contribution in [0.1, 0.15) is 0 Å². The van der Waals surface area contributed by atoms with Crippen molar-refractivity contribution in [1.82, 2.24) is 19.5 Å². The summed E-state index contributed by atoms with van der Waals surface area (Å²) in [5.74, 6) is 1.78. The van der Waals surface area contributed by atoms with Crippen molar-refractivity contribution in [3.05, 3.63) is 194 Å². The monoisotopic (exact) mass is 716 g/mol. The first-order valence-corrected chi connectivity index (χ1v) is 18.8. The third-order valence-electron chi connectivity index (χ3n) is 10.6. The average molecular weight is 717 g/mol. The van der Waals surface area contributed by atoms with E-state index in [1.54, 1.807) is 0 Å². The van der Waals surface area contributed by atoms with Crippen LogP contribution in [0.2, 0.25) is 0 Å². The average Bonchev–Trinajstić information content (AvgIpc) is 3.82. The van der Waals surface area contributed by atoms with Crippen LogP contribution in [0, 0.1) is 0 Å². The predicted octanol–water partition coefficient (Wildman–Crippen LogP) is 13.2. The molecule has 0 aliphatic carbocycles. The summed E-state index contributed by atoms with van der Waals surface area (Å²) in [4.78, 5) is 15.3. The molecule has 0 spiro atoms. The Morgan fingerprint density at radius 3 is 1.70 bits per heavy atom. The van der Waals surface area contributed by atoms with Gasteiger partial charge >= 0.3 is 0 Å². The van der Waals surface area contributed by atoms with Gasteiger partial charge in [0, 0.05) is 43.9 Å². The summed E-state index contributed by atoms with van der Waals surface area (Å²) in [5.41, 5.74) is 12.3. The van der Waals surface area contributed by atoms with Crippen LogP contribution in [0.25, 0.3) is 106 Å². The SMILES string of the molecule is c1ccc(-c2ccc3c(c2)c2ccccc2n3-c2cccc(-c3nc(-c4ccccc4)nc(-c4ccc5c(c4)oc4cccc(-c6ccccc6)c45)n3)c2)cc1. The maximum atomic E-state index is 6.49. The Kier molecular flexibility index (Phi) is 7.42. The van der Waals surface area contributed by atoms with Gasteiger partial charge in [-0.05, 0) is 70.8 Å². The zero-order chi connectivity index (χ0) is 37.0. The molecule has 0 fully saturated rings. The molecule has 0 saturated heterocycles. The van der Waals surface area contributed by atoms with Crippen LogP contribution in [-0.4, -0.2) is 19.5 Å². The minimum absolute atomic E-state index is 0.579. The fraction of sp³-hybridized carbons (Fsp3) is 0. The maximum Gasteiger partial charge on any atom is 0.164 e. The van der Waals surface area contributed by atoms with Gasteiger partial charge in [0.15, 0.2) is 17.5 Å². The highest BCUT2D eigenvalue weighted by atomic mass is 16.3. The molecule has 0 aliphatic heterocycles. The molecule has 3 aromatic heterocycles. The summed E-state index contributed by atoms with van der Waals surface area (Å²) < 4.78 is 8.83. The maximum absolute atomic E-state index is 6.49. The van der Waals surface area contributed by atoms with E-state index in [9.17, 15) is 0 Å². The highest BCUT2D eigenvalue weighted by Crippen LogP contribution is 2.39. The summed E-state index contributed by atoms with van der Waals surface area (Å²) in [5, 5.41) is 4.56. The third kappa shape index (κ3) is 5.37. The molecular formula is C51H32N4O. The highest BCUT2D eigenvalue weighted by molar-refractivity contribution is 6.13. The molecule has 0 radical (unpaired) electrons. The summed E-state index contributed by atoms with van der Waals surface area (Å²) >= 11 is 0. The van der Waals surface area contributed by atoms with Crippen LogP contribution in [0.15, 0.2) is 199 Å². The van der Waals surface area contributed by atoms with E-state index in [1.165, 1.54) is 21.9 Å². The van der Waals surface area contributed by atoms with Crippen LogP contribution < -0.4 is 0 Å². The van der Waals surface area contributed by atoms with Crippen LogP contribution in [0.3, 0.4) is 0 Å². The van der Waals surface area contributed by atoms with E-state index in [2.05, 4.69) is 150 Å². The Morgan fingerprint density at radius 2 is 0.929 bits per heavy atom. The Bertz CT molecular complexity index is 3240. The molecule has 11 rings (SSSR count). The Morgan fingerprint density at radius 1 is 0.339 bits per heavy atom. The number of hydrogen-bond donors (Lipinski definition) is 0. The Balaban J connectivity index is 1.06. The van der Waals surface area contributed by atoms with E-state index in [0.29, 0.717) is 17.5 Å². The largest absolute Gasteiger partial charge is 0.456 e. The number of fused-ring (bicyclic) bond motifs is 6. The number of aromatic nitrogens is 4. The number of para-hydroxylation sites is 1. The number of nitrogens with zero attached hydrogens (tertiary/aromatic N) is 4. The lowest BCUT2D eigenvalue weighted by atomic mass is 9.99. The van der Waals surface area contributed by atoms with Crippen LogP contribution in [0.5, 0.6) is 0 Å². The Hall–Kier alpha value is -7.63. The van der Waals surface area contributed by atoms with E-state index in [1.807, 2.05) is 48.5 Å². The first-order chi connectivity index (χ1) is 27.7. The molecule has 11 aromatic rings. The lowest BCUT2D eigenvalue weighted by molar-refractivity contribution is 0.669. The Labute approximate surface area is 322 Å². The molecule has 56 heavy (non-hydrogen) atoms. The lowest BCUT2D eigenvalue weighted by Crippen LogP contribution is -2.01. The number of hydrogen-bond acceptors (Lipinski definition) is 4. The molecular weight excluding hydrogens is 685 g/mol. The van der Waals surface area contributed by atoms with E-state index >= 15 is 0 Å². The van der Waals surface area contributed by atoms with Crippen LogP contribution in [-0.2, 0) is 0 Å². The van der Waals surface area contributed by atoms with E-state index in [-0.39, 0.29) is 0 Å². The van der Waals surface area contributed by atoms with Crippen molar-refractivity contribution in [3.8, 4) is 62.1 Å². The van der Waals surface area contributed by atoms with Gasteiger partial charge in [0.2, 0.25) is 0 Å². The molecule has 0 bridgehead atoms. The molecule has 262 valence electrons. The zero-order valence-corrected chi connectivity index (χ0v) is 30.2. The standard InChI is InChI=1S/C51H32N4O/c1-4-14-33(15-5-1)36-27-29-45-43(31-36)41-22-10-11-24-44(41)55(45)39-21-12-20-37(30-39)50-52-49(35-18-8-3-9-19-35)53-51(54-50)38-26-28-42-47(32-38)56-46-25-13-23-40(48(42)46)34-16-6-2-7-17-34/h1-32H. The van der Waals surface area contributed by atoms with Gasteiger partial charge in [-0.1, -0.05) is 146 Å². The zero-order valence-electron chi connectivity index (χ0n) is 30.2. The fourth-order valence-corrected chi connectivity index (χ4v) is 8.02. The smallest absolute Gasteiger partial charge is 0.164 e. The summed E-state index contributed by atoms with van der Waals surface area (Å²) in [6, 6.07) is 67.4. The minimum Gasteiger partial charge on any atom is -0.456 e. The topological polar surface area (TPSA) is 56.7 Å². The summed E-state index contributed by atoms with van der Waals surface area (Å²) in [6.07, 6.45) is 0. The number of benzene rings is 8. The molecule has 3 heterocycles. The predicted molar refractivity (Wildman–Crippen MR) is 229 cm³/mol. The van der Waals surface area contributed by atoms with Crippen LogP contribution >= 0.6 is 0 Å². The molecule has 8 aromatic carbocycles. The molecule has 0 aliphatic rings. The van der Waals surface area contributed by atoms with Gasteiger partial charge in [0.05, 0.1) is 11.0 Å². The quantitative estimate of drug-likeness (QED) is 0.172. The first kappa shape index (κ1) is 31.9. The molecule has 0 unspecified atom stereocenters. The second kappa shape index (κ2) is 13.0. The van der Waals surface area contributed by atoms with Crippen molar-refractivity contribution in [2.45, 2.75) is 0 Å². The first-order valence-electron chi connectivity index (χ1n) is 18.8. The van der Waals surface area contributed by atoms with Crippen molar-refractivity contribution in [1.29, 1.82) is 0 Å². The van der Waals surface area contributed by atoms with Gasteiger partial charge in [-0.2, -0.15) is 0 Å². The van der Waals surface area contributed by atoms with Crippen LogP contribution in [0.4, 0.5) is 0 Å². The molecule has 5 nitrogen and oxygen atoms in total. The van der Waals surface area contributed by atoms with Gasteiger partial charge in [-0.3, -0.25) is 0 Å². The van der Waals surface area contributed by atoms with Gasteiger partial charge in [0.25, 0.3) is 0 Å². The normalized spacial score (nSPS) is 11.6. The fourth-order valence-electron chi connectivity index (χ4n) is 8.02. The molecule has 0 atom stereocenters. The van der Waals surface area contributed by atoms with E-state index < -0.39 is 0 Å². The third-order valence-corrected chi connectivity index (χ3v) is 10.6. The van der Waals surface area contributed by atoms with Crippen molar-refractivity contribution in [2.75, 3.05) is 0 Å². The van der Waals surface area contributed by atoms with Crippen molar-refractivity contribution in [2.24, 2.45) is 0 Å². The summed E-state index contributed by atoms with van der Waals surface area (Å²) in [6.45, 7) is 0.